The summed E-state index contributed by atoms with van der Waals surface area (Å²) in [5.41, 5.74) is 0. The van der Waals surface area contributed by atoms with Crippen LogP contribution in [0.4, 0.5) is 0 Å². The second kappa shape index (κ2) is 32.3. The van der Waals surface area contributed by atoms with Crippen molar-refractivity contribution in [3.8, 4) is 0 Å². The topological polar surface area (TPSA) is 46.2 Å². The van der Waals surface area contributed by atoms with Crippen molar-refractivity contribution < 1.29 is 9.59 Å². The molecule has 0 radical (unpaired) electrons. The molecule has 0 aromatic rings. The average molecular weight is 480 g/mol. The second-order valence-electron chi connectivity index (χ2n) is 10.5. The minimum absolute atomic E-state index is 0.508. The van der Waals surface area contributed by atoms with Crippen LogP contribution in [-0.4, -0.2) is 25.7 Å². The van der Waals surface area contributed by atoms with Gasteiger partial charge in [-0.15, -0.1) is 0 Å². The van der Waals surface area contributed by atoms with Crippen LogP contribution in [0.3, 0.4) is 0 Å². The van der Waals surface area contributed by atoms with Gasteiger partial charge in [-0.05, 0) is 19.4 Å². The van der Waals surface area contributed by atoms with E-state index < -0.39 is 0 Å². The van der Waals surface area contributed by atoms with Gasteiger partial charge in [0.15, 0.2) is 0 Å². The highest BCUT2D eigenvalue weighted by Gasteiger charge is 1.96. The zero-order valence-electron chi connectivity index (χ0n) is 23.0. The maximum Gasteiger partial charge on any atom is 0.133 e. The Morgan fingerprint density at radius 2 is 0.588 bits per heavy atom. The largest absolute Gasteiger partial charge is 0.310 e. The molecule has 0 spiro atoms. The summed E-state index contributed by atoms with van der Waals surface area (Å²) in [6, 6.07) is 0. The molecule has 0 saturated heterocycles. The third kappa shape index (κ3) is 31.3. The van der Waals surface area contributed by atoms with Crippen molar-refractivity contribution in [3.05, 3.63) is 0 Å². The number of rotatable bonds is 31. The summed E-state index contributed by atoms with van der Waals surface area (Å²) >= 11 is 0. The van der Waals surface area contributed by atoms with E-state index in [1.54, 1.807) is 0 Å². The summed E-state index contributed by atoms with van der Waals surface area (Å²) in [4.78, 5) is 20.5. The molecule has 0 aromatic heterocycles. The molecule has 202 valence electrons. The van der Waals surface area contributed by atoms with Crippen LogP contribution in [0.2, 0.25) is 0 Å². The first-order valence-electron chi connectivity index (χ1n) is 15.5. The van der Waals surface area contributed by atoms with E-state index >= 15 is 0 Å². The van der Waals surface area contributed by atoms with Crippen LogP contribution in [0.5, 0.6) is 0 Å². The Balaban J connectivity index is 3.00. The van der Waals surface area contributed by atoms with Crippen molar-refractivity contribution in [2.24, 2.45) is 0 Å². The van der Waals surface area contributed by atoms with Crippen molar-refractivity contribution in [1.29, 1.82) is 0 Å². The molecule has 0 aliphatic heterocycles. The van der Waals surface area contributed by atoms with Gasteiger partial charge in [-0.2, -0.15) is 0 Å². The fourth-order valence-corrected chi connectivity index (χ4v) is 4.88. The number of unbranched alkanes of at least 4 members (excludes halogenated alkanes) is 26. The van der Waals surface area contributed by atoms with E-state index in [4.69, 9.17) is 0 Å². The molecule has 0 fully saturated rings. The number of carbonyl (C=O) groups excluding carboxylic acids is 2. The molecule has 0 heterocycles. The number of carbonyl (C=O) groups is 2. The van der Waals surface area contributed by atoms with Crippen LogP contribution in [0, 0.1) is 0 Å². The molecule has 3 nitrogen and oxygen atoms in total. The molecule has 3 heteroatoms. The zero-order chi connectivity index (χ0) is 24.6. The SMILES string of the molecule is O=CCCCCCCCCCCCCCCCCCCCCCCCCCCCCNCC=O. The highest BCUT2D eigenvalue weighted by atomic mass is 16.1. The average Bonchev–Trinajstić information content (AvgIpc) is 2.85. The summed E-state index contributed by atoms with van der Waals surface area (Å²) in [5.74, 6) is 0. The lowest BCUT2D eigenvalue weighted by molar-refractivity contribution is -0.108. The van der Waals surface area contributed by atoms with Gasteiger partial charge in [0.1, 0.15) is 12.6 Å². The molecule has 34 heavy (non-hydrogen) atoms. The highest BCUT2D eigenvalue weighted by Crippen LogP contribution is 2.16. The number of hydrogen-bond donors (Lipinski definition) is 1. The standard InChI is InChI=1S/C31H61NO2/c33-30-27-25-23-21-19-17-15-13-11-9-7-5-3-1-2-4-6-8-10-12-14-16-18-20-22-24-26-28-32-29-31-34/h30-32H,1-29H2. The summed E-state index contributed by atoms with van der Waals surface area (Å²) in [6.07, 6.45) is 38.9. The van der Waals surface area contributed by atoms with Crippen molar-refractivity contribution >= 4 is 12.6 Å². The first kappa shape index (κ1) is 33.3. The van der Waals surface area contributed by atoms with E-state index in [0.29, 0.717) is 6.54 Å². The Morgan fingerprint density at radius 3 is 0.853 bits per heavy atom. The lowest BCUT2D eigenvalue weighted by Gasteiger charge is -2.04. The molecule has 0 aliphatic rings. The molecule has 0 unspecified atom stereocenters. The number of aldehydes is 2. The lowest BCUT2D eigenvalue weighted by atomic mass is 10.0. The van der Waals surface area contributed by atoms with Gasteiger partial charge in [-0.25, -0.2) is 0 Å². The summed E-state index contributed by atoms with van der Waals surface area (Å²) < 4.78 is 0. The van der Waals surface area contributed by atoms with Crippen LogP contribution >= 0.6 is 0 Å². The van der Waals surface area contributed by atoms with Crippen LogP contribution in [-0.2, 0) is 9.59 Å². The Kier molecular flexibility index (Phi) is 31.6. The van der Waals surface area contributed by atoms with Crippen molar-refractivity contribution in [1.82, 2.24) is 5.32 Å². The van der Waals surface area contributed by atoms with Crippen LogP contribution < -0.4 is 5.32 Å². The van der Waals surface area contributed by atoms with Gasteiger partial charge in [-0.1, -0.05) is 154 Å². The molecule has 0 amide bonds. The van der Waals surface area contributed by atoms with E-state index in [1.165, 1.54) is 161 Å². The minimum Gasteiger partial charge on any atom is -0.310 e. The Morgan fingerprint density at radius 1 is 0.324 bits per heavy atom. The third-order valence-corrected chi connectivity index (χ3v) is 7.15. The minimum atomic E-state index is 0.508. The molecular formula is C31H61NO2. The molecule has 1 N–H and O–H groups in total. The van der Waals surface area contributed by atoms with Gasteiger partial charge in [0, 0.05) is 6.42 Å². The number of hydrogen-bond acceptors (Lipinski definition) is 3. The van der Waals surface area contributed by atoms with Gasteiger partial charge in [-0.3, -0.25) is 0 Å². The van der Waals surface area contributed by atoms with Crippen molar-refractivity contribution in [2.75, 3.05) is 13.1 Å². The van der Waals surface area contributed by atoms with Crippen LogP contribution in [0.15, 0.2) is 0 Å². The van der Waals surface area contributed by atoms with E-state index in [9.17, 15) is 9.59 Å². The van der Waals surface area contributed by atoms with Gasteiger partial charge >= 0.3 is 0 Å². The Labute approximate surface area is 214 Å². The third-order valence-electron chi connectivity index (χ3n) is 7.15. The van der Waals surface area contributed by atoms with E-state index in [1.807, 2.05) is 0 Å². The van der Waals surface area contributed by atoms with Crippen molar-refractivity contribution in [2.45, 2.75) is 173 Å². The van der Waals surface area contributed by atoms with E-state index in [-0.39, 0.29) is 0 Å². The number of nitrogens with one attached hydrogen (secondary N) is 1. The van der Waals surface area contributed by atoms with Crippen LogP contribution in [0.25, 0.3) is 0 Å². The molecule has 0 atom stereocenters. The Bertz CT molecular complexity index is 350. The highest BCUT2D eigenvalue weighted by molar-refractivity contribution is 5.51. The molecule has 0 aromatic carbocycles. The first-order valence-corrected chi connectivity index (χ1v) is 15.5. The maximum atomic E-state index is 10.3. The fraction of sp³-hybridized carbons (Fsp3) is 0.935. The lowest BCUT2D eigenvalue weighted by Crippen LogP contribution is -2.17. The fourth-order valence-electron chi connectivity index (χ4n) is 4.88. The molecule has 0 aliphatic carbocycles. The smallest absolute Gasteiger partial charge is 0.133 e. The molecule has 0 bridgehead atoms. The first-order chi connectivity index (χ1) is 16.9. The molecule has 0 rings (SSSR count). The molecular weight excluding hydrogens is 418 g/mol. The second-order valence-corrected chi connectivity index (χ2v) is 10.5. The van der Waals surface area contributed by atoms with Crippen molar-refractivity contribution in [3.63, 3.8) is 0 Å². The molecule has 0 saturated carbocycles. The summed E-state index contributed by atoms with van der Waals surface area (Å²) in [6.45, 7) is 1.50. The van der Waals surface area contributed by atoms with E-state index in [0.717, 1.165) is 32.0 Å². The van der Waals surface area contributed by atoms with Gasteiger partial charge < -0.3 is 14.9 Å². The normalized spacial score (nSPS) is 11.2. The Hall–Kier alpha value is -0.700. The zero-order valence-corrected chi connectivity index (χ0v) is 23.0. The van der Waals surface area contributed by atoms with Gasteiger partial charge in [0.25, 0.3) is 0 Å². The predicted octanol–water partition coefficient (Wildman–Crippen LogP) is 9.51. The van der Waals surface area contributed by atoms with Crippen LogP contribution in [0.1, 0.15) is 173 Å². The summed E-state index contributed by atoms with van der Waals surface area (Å²) in [7, 11) is 0. The van der Waals surface area contributed by atoms with Gasteiger partial charge in [0.2, 0.25) is 0 Å². The van der Waals surface area contributed by atoms with E-state index in [2.05, 4.69) is 5.32 Å². The summed E-state index contributed by atoms with van der Waals surface area (Å²) in [5, 5.41) is 3.13. The predicted molar refractivity (Wildman–Crippen MR) is 150 cm³/mol. The maximum absolute atomic E-state index is 10.3. The van der Waals surface area contributed by atoms with Gasteiger partial charge in [0.05, 0.1) is 6.54 Å². The monoisotopic (exact) mass is 479 g/mol. The quantitative estimate of drug-likeness (QED) is 0.0795.